The molecule has 0 unspecified atom stereocenters. The van der Waals surface area contributed by atoms with Crippen LogP contribution in [0, 0.1) is 0 Å². The fourth-order valence-corrected chi connectivity index (χ4v) is 3.00. The Labute approximate surface area is 181 Å². The lowest BCUT2D eigenvalue weighted by molar-refractivity contribution is 0.0601. The number of hydrogen-bond donors (Lipinski definition) is 4. The number of thiol groups is 1. The maximum Gasteiger partial charge on any atom is 0.340 e. The van der Waals surface area contributed by atoms with Crippen molar-refractivity contribution in [1.82, 2.24) is 5.32 Å². The van der Waals surface area contributed by atoms with Crippen LogP contribution in [-0.2, 0) is 4.74 Å². The number of benzene rings is 3. The summed E-state index contributed by atoms with van der Waals surface area (Å²) < 4.78 is 4.97. The molecule has 3 rings (SSSR count). The molecule has 0 aliphatic rings. The molecule has 0 saturated heterocycles. The first kappa shape index (κ1) is 21.3. The predicted octanol–water partition coefficient (Wildman–Crippen LogP) is 4.62. The number of para-hydroxylation sites is 2. The predicted molar refractivity (Wildman–Crippen MR) is 123 cm³/mol. The summed E-state index contributed by atoms with van der Waals surface area (Å²) in [7, 11) is 1.33. The van der Waals surface area contributed by atoms with E-state index in [1.54, 1.807) is 12.1 Å². The molecule has 0 radical (unpaired) electrons. The van der Waals surface area contributed by atoms with Crippen LogP contribution in [-0.4, -0.2) is 31.3 Å². The Morgan fingerprint density at radius 3 is 1.83 bits per heavy atom. The molecule has 0 aromatic heterocycles. The van der Waals surface area contributed by atoms with Gasteiger partial charge in [0.05, 0.1) is 29.6 Å². The zero-order valence-corrected chi connectivity index (χ0v) is 17.4. The fourth-order valence-electron chi connectivity index (χ4n) is 2.89. The Bertz CT molecular complexity index is 1010. The number of hydrogen-bond acceptors (Lipinski definition) is 6. The van der Waals surface area contributed by atoms with Gasteiger partial charge in [0.2, 0.25) is 0 Å². The average molecular weight is 422 g/mol. The highest BCUT2D eigenvalue weighted by Crippen LogP contribution is 2.31. The third kappa shape index (κ3) is 5.33. The SMILES string of the molecule is COC(=O)c1cc(Nc2ccccc2)c(C(=O)NCCS)cc1Nc1ccccc1. The van der Waals surface area contributed by atoms with E-state index in [2.05, 4.69) is 28.6 Å². The van der Waals surface area contributed by atoms with E-state index in [9.17, 15) is 9.59 Å². The average Bonchev–Trinajstić information content (AvgIpc) is 2.79. The summed E-state index contributed by atoms with van der Waals surface area (Å²) in [5.74, 6) is -0.260. The Morgan fingerprint density at radius 2 is 1.33 bits per heavy atom. The molecule has 0 aliphatic carbocycles. The van der Waals surface area contributed by atoms with E-state index >= 15 is 0 Å². The van der Waals surface area contributed by atoms with Crippen molar-refractivity contribution >= 4 is 47.3 Å². The molecule has 3 aromatic carbocycles. The zero-order valence-electron chi connectivity index (χ0n) is 16.5. The molecular formula is C23H23N3O3S. The summed E-state index contributed by atoms with van der Waals surface area (Å²) in [6.45, 7) is 0.424. The van der Waals surface area contributed by atoms with Gasteiger partial charge < -0.3 is 20.7 Å². The molecule has 6 nitrogen and oxygen atoms in total. The van der Waals surface area contributed by atoms with Crippen molar-refractivity contribution in [2.45, 2.75) is 0 Å². The zero-order chi connectivity index (χ0) is 21.3. The number of amides is 1. The van der Waals surface area contributed by atoms with Crippen molar-refractivity contribution in [3.8, 4) is 0 Å². The standard InChI is InChI=1S/C23H23N3O3S/c1-29-23(28)19-15-20(25-16-8-4-2-5-9-16)18(22(27)24-12-13-30)14-21(19)26-17-10-6-3-7-11-17/h2-11,14-15,25-26,30H,12-13H2,1H3,(H,24,27). The molecule has 154 valence electrons. The molecule has 0 aliphatic heterocycles. The van der Waals surface area contributed by atoms with Gasteiger partial charge in [-0.05, 0) is 36.4 Å². The number of esters is 1. The lowest BCUT2D eigenvalue weighted by Gasteiger charge is -2.18. The molecule has 3 aromatic rings. The Kier molecular flexibility index (Phi) is 7.34. The molecule has 30 heavy (non-hydrogen) atoms. The van der Waals surface area contributed by atoms with Crippen LogP contribution < -0.4 is 16.0 Å². The molecular weight excluding hydrogens is 398 g/mol. The van der Waals surface area contributed by atoms with Crippen LogP contribution in [0.2, 0.25) is 0 Å². The number of ether oxygens (including phenoxy) is 1. The topological polar surface area (TPSA) is 79.5 Å². The smallest absolute Gasteiger partial charge is 0.340 e. The number of nitrogens with one attached hydrogen (secondary N) is 3. The van der Waals surface area contributed by atoms with Crippen molar-refractivity contribution in [3.05, 3.63) is 83.9 Å². The van der Waals surface area contributed by atoms with Crippen molar-refractivity contribution < 1.29 is 14.3 Å². The third-order valence-corrected chi connectivity index (χ3v) is 4.53. The van der Waals surface area contributed by atoms with E-state index in [4.69, 9.17) is 4.74 Å². The molecule has 0 spiro atoms. The van der Waals surface area contributed by atoms with Gasteiger partial charge in [0.25, 0.3) is 5.91 Å². The second-order valence-corrected chi connectivity index (χ2v) is 6.84. The monoisotopic (exact) mass is 421 g/mol. The van der Waals surface area contributed by atoms with Crippen molar-refractivity contribution in [2.75, 3.05) is 30.0 Å². The number of carbonyl (C=O) groups is 2. The molecule has 0 fully saturated rings. The molecule has 0 bridgehead atoms. The minimum Gasteiger partial charge on any atom is -0.465 e. The van der Waals surface area contributed by atoms with Crippen LogP contribution in [0.3, 0.4) is 0 Å². The Hall–Kier alpha value is -3.45. The molecule has 1 amide bonds. The molecule has 0 heterocycles. The maximum atomic E-state index is 12.8. The van der Waals surface area contributed by atoms with Crippen LogP contribution in [0.5, 0.6) is 0 Å². The summed E-state index contributed by atoms with van der Waals surface area (Å²) in [4.78, 5) is 25.3. The highest BCUT2D eigenvalue weighted by Gasteiger charge is 2.20. The minimum absolute atomic E-state index is 0.269. The van der Waals surface area contributed by atoms with E-state index in [1.807, 2.05) is 60.7 Å². The van der Waals surface area contributed by atoms with Gasteiger partial charge in [0, 0.05) is 23.7 Å². The van der Waals surface area contributed by atoms with Crippen molar-refractivity contribution in [3.63, 3.8) is 0 Å². The van der Waals surface area contributed by atoms with Gasteiger partial charge in [-0.3, -0.25) is 4.79 Å². The van der Waals surface area contributed by atoms with Crippen LogP contribution in [0.1, 0.15) is 20.7 Å². The highest BCUT2D eigenvalue weighted by molar-refractivity contribution is 7.80. The number of rotatable bonds is 8. The third-order valence-electron chi connectivity index (χ3n) is 4.31. The first-order valence-electron chi connectivity index (χ1n) is 9.42. The van der Waals surface area contributed by atoms with Crippen molar-refractivity contribution in [1.29, 1.82) is 0 Å². The number of anilines is 4. The quantitative estimate of drug-likeness (QED) is 0.315. The van der Waals surface area contributed by atoms with Crippen LogP contribution in [0.25, 0.3) is 0 Å². The van der Waals surface area contributed by atoms with Crippen LogP contribution in [0.4, 0.5) is 22.7 Å². The second-order valence-electron chi connectivity index (χ2n) is 6.40. The van der Waals surface area contributed by atoms with Gasteiger partial charge in [0.15, 0.2) is 0 Å². The normalized spacial score (nSPS) is 10.2. The van der Waals surface area contributed by atoms with E-state index in [1.165, 1.54) is 7.11 Å². The summed E-state index contributed by atoms with van der Waals surface area (Å²) in [6, 6.07) is 22.1. The van der Waals surface area contributed by atoms with Gasteiger partial charge >= 0.3 is 5.97 Å². The lowest BCUT2D eigenvalue weighted by atomic mass is 10.0. The largest absolute Gasteiger partial charge is 0.465 e. The summed E-state index contributed by atoms with van der Waals surface area (Å²) >= 11 is 4.15. The van der Waals surface area contributed by atoms with Crippen LogP contribution >= 0.6 is 12.6 Å². The summed E-state index contributed by atoms with van der Waals surface area (Å²) in [5, 5.41) is 9.26. The number of carbonyl (C=O) groups excluding carboxylic acids is 2. The van der Waals surface area contributed by atoms with E-state index in [0.717, 1.165) is 11.4 Å². The van der Waals surface area contributed by atoms with Gasteiger partial charge in [-0.25, -0.2) is 4.79 Å². The highest BCUT2D eigenvalue weighted by atomic mass is 32.1. The number of methoxy groups -OCH3 is 1. The Balaban J connectivity index is 2.09. The molecule has 7 heteroatoms. The van der Waals surface area contributed by atoms with E-state index in [0.29, 0.717) is 34.8 Å². The Morgan fingerprint density at radius 1 is 0.833 bits per heavy atom. The van der Waals surface area contributed by atoms with Gasteiger partial charge in [-0.2, -0.15) is 12.6 Å². The second kappa shape index (κ2) is 10.4. The van der Waals surface area contributed by atoms with Gasteiger partial charge in [0.1, 0.15) is 0 Å². The molecule has 0 saturated carbocycles. The lowest BCUT2D eigenvalue weighted by Crippen LogP contribution is -2.26. The van der Waals surface area contributed by atoms with E-state index in [-0.39, 0.29) is 5.91 Å². The van der Waals surface area contributed by atoms with Gasteiger partial charge in [-0.1, -0.05) is 36.4 Å². The first-order chi connectivity index (χ1) is 14.6. The van der Waals surface area contributed by atoms with Crippen molar-refractivity contribution in [2.24, 2.45) is 0 Å². The fraction of sp³-hybridized carbons (Fsp3) is 0.130. The summed E-state index contributed by atoms with van der Waals surface area (Å²) in [6.07, 6.45) is 0. The van der Waals surface area contributed by atoms with Gasteiger partial charge in [-0.15, -0.1) is 0 Å². The molecule has 0 atom stereocenters. The minimum atomic E-state index is -0.508. The summed E-state index contributed by atoms with van der Waals surface area (Å²) in [5.41, 5.74) is 3.25. The molecule has 3 N–H and O–H groups in total. The maximum absolute atomic E-state index is 12.8. The van der Waals surface area contributed by atoms with Crippen LogP contribution in [0.15, 0.2) is 72.8 Å². The van der Waals surface area contributed by atoms with E-state index < -0.39 is 5.97 Å². The first-order valence-corrected chi connectivity index (χ1v) is 10.0.